The summed E-state index contributed by atoms with van der Waals surface area (Å²) in [5, 5.41) is 0. The highest BCUT2D eigenvalue weighted by Gasteiger charge is 2.32. The van der Waals surface area contributed by atoms with E-state index in [0.717, 1.165) is 42.7 Å². The van der Waals surface area contributed by atoms with Gasteiger partial charge in [0.1, 0.15) is 17.4 Å². The SMILES string of the molecule is CCCCCC1CCC(C2CCC(c3ccc(-c4cc(F)c(/C=C/C(F)(F)Oc5cc(F)c(F)c(F)c5)c(F)c4)cc3)CC2)CC1. The maximum Gasteiger partial charge on any atom is 0.419 e. The average Bonchev–Trinajstić information content (AvgIpc) is 3.03. The predicted molar refractivity (Wildman–Crippen MR) is 167 cm³/mol. The fourth-order valence-electron chi connectivity index (χ4n) is 7.38. The molecule has 46 heavy (non-hydrogen) atoms. The Labute approximate surface area is 266 Å². The maximum absolute atomic E-state index is 14.9. The number of benzene rings is 3. The first-order valence-electron chi connectivity index (χ1n) is 16.5. The summed E-state index contributed by atoms with van der Waals surface area (Å²) >= 11 is 0. The molecule has 0 heterocycles. The molecule has 0 bridgehead atoms. The topological polar surface area (TPSA) is 9.23 Å². The number of hydrogen-bond acceptors (Lipinski definition) is 1. The minimum absolute atomic E-state index is 0.0521. The fourth-order valence-corrected chi connectivity index (χ4v) is 7.38. The van der Waals surface area contributed by atoms with Gasteiger partial charge in [0.05, 0.1) is 0 Å². The van der Waals surface area contributed by atoms with Gasteiger partial charge in [0, 0.05) is 23.8 Å². The lowest BCUT2D eigenvalue weighted by Crippen LogP contribution is -2.25. The first kappa shape index (κ1) is 34.1. The lowest BCUT2D eigenvalue weighted by molar-refractivity contribution is -0.131. The van der Waals surface area contributed by atoms with E-state index >= 15 is 0 Å². The summed E-state index contributed by atoms with van der Waals surface area (Å²) in [7, 11) is 0. The van der Waals surface area contributed by atoms with Crippen molar-refractivity contribution >= 4 is 6.08 Å². The molecule has 3 aromatic rings. The van der Waals surface area contributed by atoms with E-state index in [-0.39, 0.29) is 23.8 Å². The van der Waals surface area contributed by atoms with Crippen LogP contribution in [-0.4, -0.2) is 6.11 Å². The second-order valence-electron chi connectivity index (χ2n) is 13.1. The predicted octanol–water partition coefficient (Wildman–Crippen LogP) is 12.4. The van der Waals surface area contributed by atoms with Crippen LogP contribution in [0.2, 0.25) is 0 Å². The van der Waals surface area contributed by atoms with E-state index < -0.39 is 46.5 Å². The van der Waals surface area contributed by atoms with Gasteiger partial charge in [-0.15, -0.1) is 0 Å². The smallest absolute Gasteiger partial charge is 0.419 e. The lowest BCUT2D eigenvalue weighted by Gasteiger charge is -2.38. The Morgan fingerprint density at radius 2 is 1.26 bits per heavy atom. The summed E-state index contributed by atoms with van der Waals surface area (Å²) in [4.78, 5) is 0. The normalized spacial score (nSPS) is 22.3. The fraction of sp³-hybridized carbons (Fsp3) is 0.474. The number of rotatable bonds is 11. The van der Waals surface area contributed by atoms with E-state index in [2.05, 4.69) is 11.7 Å². The van der Waals surface area contributed by atoms with Gasteiger partial charge in [-0.3, -0.25) is 0 Å². The summed E-state index contributed by atoms with van der Waals surface area (Å²) in [6.07, 6.45) is 12.0. The van der Waals surface area contributed by atoms with Crippen molar-refractivity contribution in [1.82, 2.24) is 0 Å². The lowest BCUT2D eigenvalue weighted by atomic mass is 9.68. The van der Waals surface area contributed by atoms with Crippen LogP contribution in [0.3, 0.4) is 0 Å². The Hall–Kier alpha value is -3.29. The Bertz CT molecular complexity index is 1440. The zero-order chi connectivity index (χ0) is 32.8. The molecular weight excluding hydrogens is 605 g/mol. The van der Waals surface area contributed by atoms with Gasteiger partial charge in [0.2, 0.25) is 0 Å². The number of alkyl halides is 2. The van der Waals surface area contributed by atoms with Crippen molar-refractivity contribution in [3.63, 3.8) is 0 Å². The van der Waals surface area contributed by atoms with E-state index in [4.69, 9.17) is 0 Å². The van der Waals surface area contributed by atoms with Crippen molar-refractivity contribution in [2.45, 2.75) is 96.0 Å². The Morgan fingerprint density at radius 3 is 1.83 bits per heavy atom. The third-order valence-corrected chi connectivity index (χ3v) is 10.00. The Balaban J connectivity index is 1.16. The van der Waals surface area contributed by atoms with Gasteiger partial charge in [-0.05, 0) is 97.1 Å². The summed E-state index contributed by atoms with van der Waals surface area (Å²) in [6.45, 7) is 2.26. The molecule has 2 aliphatic rings. The van der Waals surface area contributed by atoms with Gasteiger partial charge in [0.15, 0.2) is 17.5 Å². The number of ether oxygens (including phenoxy) is 1. The standard InChI is InChI=1S/C38H41F7O/c1-2-3-4-5-24-6-8-25(9-7-24)26-10-12-27(13-11-26)28-14-16-29(17-15-28)30-20-33(39)32(34(40)21-30)18-19-38(44,45)46-31-22-35(41)37(43)36(42)23-31/h14-27H,2-13H2,1H3/b19-18+. The zero-order valence-corrected chi connectivity index (χ0v) is 26.1. The maximum atomic E-state index is 14.9. The highest BCUT2D eigenvalue weighted by Crippen LogP contribution is 2.45. The molecule has 0 aliphatic heterocycles. The first-order chi connectivity index (χ1) is 22.0. The van der Waals surface area contributed by atoms with Gasteiger partial charge in [0.25, 0.3) is 0 Å². The molecule has 5 rings (SSSR count). The molecule has 0 unspecified atom stereocenters. The van der Waals surface area contributed by atoms with E-state index in [1.54, 1.807) is 0 Å². The van der Waals surface area contributed by atoms with Crippen LogP contribution in [0.15, 0.2) is 54.6 Å². The van der Waals surface area contributed by atoms with Gasteiger partial charge < -0.3 is 4.74 Å². The molecular formula is C38H41F7O. The van der Waals surface area contributed by atoms with Crippen LogP contribution in [0.5, 0.6) is 5.75 Å². The molecule has 2 fully saturated rings. The molecule has 248 valence electrons. The van der Waals surface area contributed by atoms with Crippen LogP contribution in [0.1, 0.15) is 101 Å². The molecule has 0 atom stereocenters. The van der Waals surface area contributed by atoms with Crippen LogP contribution in [0, 0.1) is 46.8 Å². The quantitative estimate of drug-likeness (QED) is 0.114. The van der Waals surface area contributed by atoms with Gasteiger partial charge >= 0.3 is 6.11 Å². The number of halogens is 7. The minimum Gasteiger partial charge on any atom is -0.429 e. The molecule has 3 aromatic carbocycles. The van der Waals surface area contributed by atoms with E-state index in [1.165, 1.54) is 69.8 Å². The summed E-state index contributed by atoms with van der Waals surface area (Å²) in [5.41, 5.74) is 1.33. The molecule has 0 saturated heterocycles. The zero-order valence-electron chi connectivity index (χ0n) is 26.1. The third kappa shape index (κ3) is 8.54. The molecule has 2 aliphatic carbocycles. The van der Waals surface area contributed by atoms with Crippen LogP contribution in [0.25, 0.3) is 17.2 Å². The molecule has 0 N–H and O–H groups in total. The van der Waals surface area contributed by atoms with E-state index in [9.17, 15) is 30.7 Å². The van der Waals surface area contributed by atoms with Crippen LogP contribution >= 0.6 is 0 Å². The number of unbranched alkanes of at least 4 members (excludes halogenated alkanes) is 2. The van der Waals surface area contributed by atoms with E-state index in [1.807, 2.05) is 24.3 Å². The van der Waals surface area contributed by atoms with Crippen molar-refractivity contribution in [3.8, 4) is 16.9 Å². The molecule has 8 heteroatoms. The molecule has 0 spiro atoms. The van der Waals surface area contributed by atoms with Crippen LogP contribution in [-0.2, 0) is 0 Å². The molecule has 1 nitrogen and oxygen atoms in total. The van der Waals surface area contributed by atoms with Crippen molar-refractivity contribution in [1.29, 1.82) is 0 Å². The summed E-state index contributed by atoms with van der Waals surface area (Å²) in [5.74, 6) is -5.36. The second-order valence-corrected chi connectivity index (χ2v) is 13.1. The van der Waals surface area contributed by atoms with Gasteiger partial charge in [-0.25, -0.2) is 22.0 Å². The van der Waals surface area contributed by atoms with Crippen LogP contribution in [0.4, 0.5) is 30.7 Å². The van der Waals surface area contributed by atoms with Crippen LogP contribution < -0.4 is 4.74 Å². The largest absolute Gasteiger partial charge is 0.429 e. The number of hydrogen-bond donors (Lipinski definition) is 0. The third-order valence-electron chi connectivity index (χ3n) is 10.00. The van der Waals surface area contributed by atoms with Crippen molar-refractivity contribution in [3.05, 3.63) is 94.8 Å². The molecule has 0 aromatic heterocycles. The van der Waals surface area contributed by atoms with Crippen molar-refractivity contribution < 1.29 is 35.5 Å². The Morgan fingerprint density at radius 1 is 0.696 bits per heavy atom. The van der Waals surface area contributed by atoms with Gasteiger partial charge in [-0.2, -0.15) is 8.78 Å². The average molecular weight is 647 g/mol. The van der Waals surface area contributed by atoms with E-state index in [0.29, 0.717) is 17.6 Å². The molecule has 0 amide bonds. The summed E-state index contributed by atoms with van der Waals surface area (Å²) in [6, 6.07) is 10.3. The monoisotopic (exact) mass is 646 g/mol. The molecule has 0 radical (unpaired) electrons. The van der Waals surface area contributed by atoms with Crippen molar-refractivity contribution in [2.75, 3.05) is 0 Å². The molecule has 2 saturated carbocycles. The Kier molecular flexibility index (Phi) is 11.2. The second kappa shape index (κ2) is 15.1. The minimum atomic E-state index is -4.20. The highest BCUT2D eigenvalue weighted by molar-refractivity contribution is 5.67. The van der Waals surface area contributed by atoms with Gasteiger partial charge in [-0.1, -0.05) is 69.7 Å². The highest BCUT2D eigenvalue weighted by atomic mass is 19.3. The van der Waals surface area contributed by atoms with Crippen molar-refractivity contribution in [2.24, 2.45) is 17.8 Å². The summed E-state index contributed by atoms with van der Waals surface area (Å²) < 4.78 is 102. The first-order valence-corrected chi connectivity index (χ1v) is 16.5.